The quantitative estimate of drug-likeness (QED) is 0.0406. The molecule has 26 nitrogen and oxygen atoms in total. The van der Waals surface area contributed by atoms with Crippen LogP contribution in [-0.4, -0.2) is 298 Å². The molecular formula is C52H100N10O16. The maximum atomic E-state index is 11.5. The van der Waals surface area contributed by atoms with E-state index >= 15 is 0 Å². The molecule has 0 bridgehead atoms. The van der Waals surface area contributed by atoms with Gasteiger partial charge in [0.05, 0.1) is 44.9 Å². The Hall–Kier alpha value is -4.64. The summed E-state index contributed by atoms with van der Waals surface area (Å²) in [6.07, 6.45) is 6.36. The molecule has 0 fully saturated rings. The van der Waals surface area contributed by atoms with Crippen molar-refractivity contribution < 1.29 is 79.2 Å². The summed E-state index contributed by atoms with van der Waals surface area (Å²) < 4.78 is 0. The molecular weight excluding hydrogens is 1020 g/mol. The molecule has 0 rings (SSSR count). The molecule has 0 unspecified atom stereocenters. The molecule has 26 heteroatoms. The fourth-order valence-corrected chi connectivity index (χ4v) is 9.17. The molecule has 0 aromatic heterocycles. The standard InChI is InChI=1S/C52H100N10O16/c53-19-2-22-55(23-3-20-54)24-4-25-56(27-6-29-58(32-9-36-61(41-15-49(71)72)42-16-50(73)74)33-10-37-62(43-17-51(75)76)44-18-52(77)78)26-5-28-57(31-8-35-60(39-13-47(67)68)40-14-48(69)70)30-7-34-59(38-12-46(65)66)21-1-11-45(63)64/h1-44,53-54H2,(H,63,64)(H,65,66)(H,67,68)(H,69,70)(H,71,72)(H,73,74)(H,75,76)(H,77,78). The lowest BCUT2D eigenvalue weighted by atomic mass is 10.2. The zero-order chi connectivity index (χ0) is 58.4. The Kier molecular flexibility index (Phi) is 45.4. The third kappa shape index (κ3) is 47.4. The van der Waals surface area contributed by atoms with Crippen LogP contribution < -0.4 is 11.5 Å². The predicted octanol–water partition coefficient (Wildman–Crippen LogP) is 1.02. The minimum atomic E-state index is -0.974. The summed E-state index contributed by atoms with van der Waals surface area (Å²) in [6, 6.07) is 0. The van der Waals surface area contributed by atoms with Gasteiger partial charge in [-0.3, -0.25) is 38.4 Å². The van der Waals surface area contributed by atoms with Crippen molar-refractivity contribution in [1.82, 2.24) is 39.2 Å². The van der Waals surface area contributed by atoms with E-state index in [1.165, 1.54) is 0 Å². The number of carbonyl (C=O) groups is 8. The zero-order valence-corrected chi connectivity index (χ0v) is 46.7. The van der Waals surface area contributed by atoms with E-state index in [2.05, 4.69) is 19.6 Å². The molecule has 0 heterocycles. The van der Waals surface area contributed by atoms with E-state index in [0.29, 0.717) is 117 Å². The SMILES string of the molecule is NCCCN(CCCN)CCCN(CCCN(CCCN(CCCC(=O)O)CCC(=O)O)CCCN(CCC(=O)O)CCC(=O)O)CCCN(CCCN(CCC(=O)O)CCC(=O)O)CCCN(CCC(=O)O)CCC(=O)O. The Morgan fingerprint density at radius 2 is 0.321 bits per heavy atom. The van der Waals surface area contributed by atoms with Crippen LogP contribution in [0.25, 0.3) is 0 Å². The van der Waals surface area contributed by atoms with E-state index in [1.54, 1.807) is 0 Å². The first-order chi connectivity index (χ1) is 37.2. The predicted molar refractivity (Wildman–Crippen MR) is 294 cm³/mol. The zero-order valence-electron chi connectivity index (χ0n) is 46.7. The van der Waals surface area contributed by atoms with Crippen molar-refractivity contribution in [2.24, 2.45) is 11.5 Å². The summed E-state index contributed by atoms with van der Waals surface area (Å²) in [5.41, 5.74) is 11.7. The Morgan fingerprint density at radius 3 is 0.474 bits per heavy atom. The van der Waals surface area contributed by atoms with Crippen LogP contribution in [0.3, 0.4) is 0 Å². The first-order valence-electron chi connectivity index (χ1n) is 28.2. The third-order valence-corrected chi connectivity index (χ3v) is 13.4. The van der Waals surface area contributed by atoms with Crippen molar-refractivity contribution in [3.05, 3.63) is 0 Å². The fourth-order valence-electron chi connectivity index (χ4n) is 9.17. The van der Waals surface area contributed by atoms with Crippen LogP contribution in [0.15, 0.2) is 0 Å². The summed E-state index contributed by atoms with van der Waals surface area (Å²) >= 11 is 0. The molecule has 0 saturated carbocycles. The van der Waals surface area contributed by atoms with Crippen molar-refractivity contribution in [2.45, 2.75) is 116 Å². The molecule has 12 N–H and O–H groups in total. The van der Waals surface area contributed by atoms with E-state index in [9.17, 15) is 79.2 Å². The Balaban J connectivity index is 6.53. The van der Waals surface area contributed by atoms with Crippen LogP contribution in [0.5, 0.6) is 0 Å². The maximum Gasteiger partial charge on any atom is 0.304 e. The topological polar surface area (TPSA) is 376 Å². The monoisotopic (exact) mass is 1120 g/mol. The average molecular weight is 1120 g/mol. The number of carboxylic acids is 8. The van der Waals surface area contributed by atoms with Crippen LogP contribution in [0, 0.1) is 0 Å². The highest BCUT2D eigenvalue weighted by atomic mass is 16.4. The molecule has 0 radical (unpaired) electrons. The summed E-state index contributed by atoms with van der Waals surface area (Å²) in [5, 5.41) is 74.7. The van der Waals surface area contributed by atoms with Crippen molar-refractivity contribution in [3.63, 3.8) is 0 Å². The number of hydrogen-bond donors (Lipinski definition) is 10. The van der Waals surface area contributed by atoms with E-state index in [4.69, 9.17) is 11.5 Å². The van der Waals surface area contributed by atoms with E-state index in [1.807, 2.05) is 19.6 Å². The van der Waals surface area contributed by atoms with E-state index < -0.39 is 47.8 Å². The highest BCUT2D eigenvalue weighted by molar-refractivity contribution is 5.69. The van der Waals surface area contributed by atoms with Crippen molar-refractivity contribution in [3.8, 4) is 0 Å². The molecule has 0 aromatic carbocycles. The number of aliphatic carboxylic acids is 8. The number of hydrogen-bond acceptors (Lipinski definition) is 18. The first kappa shape index (κ1) is 73.4. The minimum Gasteiger partial charge on any atom is -0.481 e. The van der Waals surface area contributed by atoms with Gasteiger partial charge in [0.15, 0.2) is 0 Å². The highest BCUT2D eigenvalue weighted by Crippen LogP contribution is 2.10. The van der Waals surface area contributed by atoms with Crippen molar-refractivity contribution in [1.29, 1.82) is 0 Å². The second-order valence-corrected chi connectivity index (χ2v) is 20.0. The number of rotatable bonds is 59. The van der Waals surface area contributed by atoms with Gasteiger partial charge in [0.1, 0.15) is 0 Å². The smallest absolute Gasteiger partial charge is 0.304 e. The van der Waals surface area contributed by atoms with Crippen LogP contribution >= 0.6 is 0 Å². The normalized spacial score (nSPS) is 11.9. The van der Waals surface area contributed by atoms with Gasteiger partial charge in [0, 0.05) is 52.2 Å². The third-order valence-electron chi connectivity index (χ3n) is 13.4. The number of nitrogens with zero attached hydrogens (tertiary/aromatic N) is 8. The van der Waals surface area contributed by atoms with Gasteiger partial charge in [-0.1, -0.05) is 0 Å². The van der Waals surface area contributed by atoms with Crippen LogP contribution in [0.4, 0.5) is 0 Å². The molecule has 454 valence electrons. The van der Waals surface area contributed by atoms with Crippen LogP contribution in [0.2, 0.25) is 0 Å². The van der Waals surface area contributed by atoms with Gasteiger partial charge in [-0.2, -0.15) is 0 Å². The second-order valence-electron chi connectivity index (χ2n) is 20.0. The van der Waals surface area contributed by atoms with Crippen molar-refractivity contribution in [2.75, 3.05) is 170 Å². The lowest BCUT2D eigenvalue weighted by Gasteiger charge is -2.30. The highest BCUT2D eigenvalue weighted by Gasteiger charge is 2.18. The molecule has 0 aromatic rings. The number of nitrogens with two attached hydrogens (primary N) is 2. The summed E-state index contributed by atoms with van der Waals surface area (Å²) in [5.74, 6) is -7.70. The summed E-state index contributed by atoms with van der Waals surface area (Å²) in [6.45, 7) is 14.1. The van der Waals surface area contributed by atoms with Gasteiger partial charge in [-0.05, 0) is 189 Å². The van der Waals surface area contributed by atoms with Gasteiger partial charge in [0.2, 0.25) is 0 Å². The molecule has 0 aliphatic heterocycles. The molecule has 0 atom stereocenters. The fraction of sp³-hybridized carbons (Fsp3) is 0.846. The lowest BCUT2D eigenvalue weighted by molar-refractivity contribution is -0.139. The second kappa shape index (κ2) is 48.3. The van der Waals surface area contributed by atoms with Crippen LogP contribution in [0.1, 0.15) is 116 Å². The van der Waals surface area contributed by atoms with E-state index in [0.717, 1.165) is 71.4 Å². The molecule has 0 aliphatic rings. The Morgan fingerprint density at radius 1 is 0.192 bits per heavy atom. The molecule has 0 aliphatic carbocycles. The Labute approximate surface area is 462 Å². The summed E-state index contributed by atoms with van der Waals surface area (Å²) in [7, 11) is 0. The van der Waals surface area contributed by atoms with Crippen LogP contribution in [-0.2, 0) is 38.4 Å². The lowest BCUT2D eigenvalue weighted by Crippen LogP contribution is -2.38. The molecule has 0 spiro atoms. The summed E-state index contributed by atoms with van der Waals surface area (Å²) in [4.78, 5) is 108. The first-order valence-corrected chi connectivity index (χ1v) is 28.2. The van der Waals surface area contributed by atoms with Gasteiger partial charge in [-0.15, -0.1) is 0 Å². The maximum absolute atomic E-state index is 11.5. The largest absolute Gasteiger partial charge is 0.481 e. The van der Waals surface area contributed by atoms with Gasteiger partial charge >= 0.3 is 47.8 Å². The molecule has 78 heavy (non-hydrogen) atoms. The Bertz CT molecular complexity index is 1550. The van der Waals surface area contributed by atoms with Gasteiger partial charge < -0.3 is 91.5 Å². The average Bonchev–Trinajstić information content (AvgIpc) is 3.36. The molecule has 0 saturated heterocycles. The van der Waals surface area contributed by atoms with Crippen molar-refractivity contribution >= 4 is 47.8 Å². The molecule has 0 amide bonds. The number of carboxylic acid groups (broad SMARTS) is 8. The van der Waals surface area contributed by atoms with Gasteiger partial charge in [-0.25, -0.2) is 0 Å². The van der Waals surface area contributed by atoms with E-state index in [-0.39, 0.29) is 97.2 Å². The van der Waals surface area contributed by atoms with Gasteiger partial charge in [0.25, 0.3) is 0 Å². The minimum absolute atomic E-state index is 0.0277.